The summed E-state index contributed by atoms with van der Waals surface area (Å²) in [6.45, 7) is 4.80. The van der Waals surface area contributed by atoms with E-state index in [0.29, 0.717) is 28.3 Å². The number of rotatable bonds is 4. The van der Waals surface area contributed by atoms with Crippen LogP contribution in [0.25, 0.3) is 28.2 Å². The first kappa shape index (κ1) is 20.6. The van der Waals surface area contributed by atoms with Gasteiger partial charge in [-0.2, -0.15) is 17.9 Å². The largest absolute Gasteiger partial charge is 0.458 e. The standard InChI is InChI=1S/C20H19F3N6O2/c1-10-8-13(9-11(2)25-10)15-16(14-5-4-12(3)31-14)26-18(24)29-17(15)27-28(19(29)30)7-6-20(21,22)23/h4-5,8-9H,6-7H2,1-3H3,(H2,24,26)/p+1. The van der Waals surface area contributed by atoms with Gasteiger partial charge in [0.15, 0.2) is 11.5 Å². The third-order valence-corrected chi connectivity index (χ3v) is 4.77. The number of fused-ring (bicyclic) bond motifs is 1. The number of aryl methyl sites for hydroxylation is 4. The lowest BCUT2D eigenvalue weighted by Gasteiger charge is -2.08. The highest BCUT2D eigenvalue weighted by Gasteiger charge is 2.30. The fourth-order valence-corrected chi connectivity index (χ4v) is 3.53. The maximum Gasteiger partial charge on any atom is 0.411 e. The van der Waals surface area contributed by atoms with Crippen LogP contribution >= 0.6 is 0 Å². The molecule has 0 fully saturated rings. The zero-order chi connectivity index (χ0) is 22.5. The predicted molar refractivity (Wildman–Crippen MR) is 106 cm³/mol. The number of alkyl halides is 3. The number of nitrogens with one attached hydrogen (secondary N) is 1. The van der Waals surface area contributed by atoms with E-state index in [1.807, 2.05) is 13.8 Å². The highest BCUT2D eigenvalue weighted by Crippen LogP contribution is 2.33. The third-order valence-electron chi connectivity index (χ3n) is 4.77. The summed E-state index contributed by atoms with van der Waals surface area (Å²) >= 11 is 0. The molecule has 4 aromatic rings. The van der Waals surface area contributed by atoms with E-state index < -0.39 is 24.8 Å². The molecule has 0 spiro atoms. The Morgan fingerprint density at radius 2 is 1.84 bits per heavy atom. The van der Waals surface area contributed by atoms with Crippen molar-refractivity contribution in [2.45, 2.75) is 39.9 Å². The minimum absolute atomic E-state index is 0.0754. The van der Waals surface area contributed by atoms with Gasteiger partial charge in [-0.3, -0.25) is 10.7 Å². The number of hydrogen-bond acceptors (Lipinski definition) is 5. The molecule has 4 aromatic heterocycles. The molecule has 11 heteroatoms. The first-order valence-corrected chi connectivity index (χ1v) is 9.47. The van der Waals surface area contributed by atoms with E-state index in [1.54, 1.807) is 31.2 Å². The molecule has 0 atom stereocenters. The molecule has 0 amide bonds. The van der Waals surface area contributed by atoms with Crippen molar-refractivity contribution in [2.75, 3.05) is 5.73 Å². The Balaban J connectivity index is 2.05. The minimum atomic E-state index is -4.42. The van der Waals surface area contributed by atoms with Crippen molar-refractivity contribution < 1.29 is 22.6 Å². The number of aromatic nitrogens is 5. The second kappa shape index (κ2) is 7.25. The van der Waals surface area contributed by atoms with Crippen LogP contribution in [0.2, 0.25) is 0 Å². The highest BCUT2D eigenvalue weighted by atomic mass is 19.4. The molecule has 0 aliphatic rings. The van der Waals surface area contributed by atoms with Crippen molar-refractivity contribution in [3.8, 4) is 22.6 Å². The number of pyridine rings is 1. The maximum absolute atomic E-state index is 12.8. The molecular formula is C20H20F3N6O2+. The van der Waals surface area contributed by atoms with E-state index >= 15 is 0 Å². The van der Waals surface area contributed by atoms with Gasteiger partial charge in [0.25, 0.3) is 0 Å². The molecule has 3 N–H and O–H groups in total. The lowest BCUT2D eigenvalue weighted by atomic mass is 10.0. The number of H-pyrrole nitrogens is 1. The van der Waals surface area contributed by atoms with E-state index in [1.165, 1.54) is 0 Å². The summed E-state index contributed by atoms with van der Waals surface area (Å²) in [5.41, 5.74) is 8.49. The molecule has 0 aromatic carbocycles. The lowest BCUT2D eigenvalue weighted by molar-refractivity contribution is -0.352. The molecule has 0 aliphatic heterocycles. The Morgan fingerprint density at radius 3 is 2.42 bits per heavy atom. The van der Waals surface area contributed by atoms with Crippen molar-refractivity contribution >= 4 is 11.6 Å². The van der Waals surface area contributed by atoms with Gasteiger partial charge in [-0.05, 0) is 50.6 Å². The zero-order valence-electron chi connectivity index (χ0n) is 17.0. The summed E-state index contributed by atoms with van der Waals surface area (Å²) in [5.74, 6) is 1.03. The van der Waals surface area contributed by atoms with Crippen LogP contribution in [0.1, 0.15) is 23.6 Å². The van der Waals surface area contributed by atoms with Gasteiger partial charge in [-0.1, -0.05) is 0 Å². The molecule has 0 saturated heterocycles. The smallest absolute Gasteiger partial charge is 0.411 e. The molecule has 0 aliphatic carbocycles. The molecule has 0 unspecified atom stereocenters. The fourth-order valence-electron chi connectivity index (χ4n) is 3.53. The number of nitrogen functional groups attached to an aromatic ring is 1. The van der Waals surface area contributed by atoms with Crippen molar-refractivity contribution in [1.82, 2.24) is 19.2 Å². The Morgan fingerprint density at radius 1 is 1.16 bits per heavy atom. The van der Waals surface area contributed by atoms with Crippen molar-refractivity contribution in [1.29, 1.82) is 0 Å². The molecule has 31 heavy (non-hydrogen) atoms. The van der Waals surface area contributed by atoms with Gasteiger partial charge in [-0.25, -0.2) is 9.78 Å². The number of nitrogens with zero attached hydrogens (tertiary/aromatic N) is 4. The summed E-state index contributed by atoms with van der Waals surface area (Å²) in [6.07, 6.45) is -5.61. The molecule has 0 bridgehead atoms. The first-order chi connectivity index (χ1) is 14.5. The van der Waals surface area contributed by atoms with E-state index in [2.05, 4.69) is 15.1 Å². The van der Waals surface area contributed by atoms with Crippen LogP contribution in [0, 0.1) is 20.8 Å². The van der Waals surface area contributed by atoms with Crippen LogP contribution in [0.5, 0.6) is 0 Å². The van der Waals surface area contributed by atoms with E-state index in [-0.39, 0.29) is 11.6 Å². The van der Waals surface area contributed by atoms with E-state index in [4.69, 9.17) is 10.2 Å². The lowest BCUT2D eigenvalue weighted by Crippen LogP contribution is -2.28. The van der Waals surface area contributed by atoms with Gasteiger partial charge in [0.05, 0.1) is 18.5 Å². The second-order valence-electron chi connectivity index (χ2n) is 7.34. The molecule has 162 valence electrons. The van der Waals surface area contributed by atoms with Gasteiger partial charge >= 0.3 is 17.8 Å². The zero-order valence-corrected chi connectivity index (χ0v) is 17.0. The predicted octanol–water partition coefficient (Wildman–Crippen LogP) is 3.09. The number of hydrogen-bond donors (Lipinski definition) is 1. The average molecular weight is 433 g/mol. The van der Waals surface area contributed by atoms with Crippen LogP contribution in [0.4, 0.5) is 19.1 Å². The van der Waals surface area contributed by atoms with Gasteiger partial charge in [-0.15, -0.1) is 9.50 Å². The van der Waals surface area contributed by atoms with Gasteiger partial charge < -0.3 is 4.42 Å². The minimum Gasteiger partial charge on any atom is -0.458 e. The summed E-state index contributed by atoms with van der Waals surface area (Å²) < 4.78 is 45.8. The van der Waals surface area contributed by atoms with Crippen LogP contribution in [-0.2, 0) is 6.54 Å². The second-order valence-corrected chi connectivity index (χ2v) is 7.34. The van der Waals surface area contributed by atoms with Crippen LogP contribution in [0.15, 0.2) is 33.5 Å². The van der Waals surface area contributed by atoms with Crippen molar-refractivity contribution in [3.05, 3.63) is 51.9 Å². The molecule has 4 rings (SSSR count). The Kier molecular flexibility index (Phi) is 4.83. The summed E-state index contributed by atoms with van der Waals surface area (Å²) in [4.78, 5) is 20.1. The third kappa shape index (κ3) is 3.90. The maximum atomic E-state index is 12.8. The average Bonchev–Trinajstić information content (AvgIpc) is 3.22. The summed E-state index contributed by atoms with van der Waals surface area (Å²) in [7, 11) is 0. The molecule has 0 radical (unpaired) electrons. The van der Waals surface area contributed by atoms with Crippen molar-refractivity contribution in [2.24, 2.45) is 0 Å². The number of halogens is 3. The van der Waals surface area contributed by atoms with E-state index in [0.717, 1.165) is 20.5 Å². The van der Waals surface area contributed by atoms with Gasteiger partial charge in [0, 0.05) is 11.4 Å². The molecule has 4 heterocycles. The number of nitrogens with two attached hydrogens (primary N) is 1. The number of anilines is 1. The summed E-state index contributed by atoms with van der Waals surface area (Å²) in [6, 6.07) is 7.10. The van der Waals surface area contributed by atoms with Crippen LogP contribution in [-0.4, -0.2) is 25.3 Å². The van der Waals surface area contributed by atoms with E-state index in [9.17, 15) is 18.0 Å². The molecule has 0 saturated carbocycles. The normalized spacial score (nSPS) is 12.1. The van der Waals surface area contributed by atoms with Crippen LogP contribution < -0.4 is 16.4 Å². The monoisotopic (exact) mass is 433 g/mol. The Bertz CT molecular complexity index is 1330. The quantitative estimate of drug-likeness (QED) is 0.532. The first-order valence-electron chi connectivity index (χ1n) is 9.47. The highest BCUT2D eigenvalue weighted by molar-refractivity contribution is 5.87. The van der Waals surface area contributed by atoms with Gasteiger partial charge in [0.2, 0.25) is 5.65 Å². The summed E-state index contributed by atoms with van der Waals surface area (Å²) in [5, 5.41) is 4.21. The Labute approximate surface area is 174 Å². The van der Waals surface area contributed by atoms with Crippen LogP contribution in [0.3, 0.4) is 0 Å². The topological polar surface area (TPSA) is 105 Å². The fraction of sp³-hybridized carbons (Fsp3) is 0.300. The molecule has 8 nitrogen and oxygen atoms in total. The number of aromatic amines is 1. The number of furan rings is 1. The van der Waals surface area contributed by atoms with Gasteiger partial charge in [0.1, 0.15) is 5.76 Å². The Hall–Kier alpha value is -3.63. The molecular weight excluding hydrogens is 413 g/mol. The van der Waals surface area contributed by atoms with Crippen molar-refractivity contribution in [3.63, 3.8) is 0 Å². The SMILES string of the molecule is Cc1cc(-c2c(-c3ccc(C)o3)[nH+]c(N)n3c(=O)n(CCC(F)(F)F)nc23)cc(C)n1.